The molecule has 0 aromatic carbocycles. The van der Waals surface area contributed by atoms with E-state index < -0.39 is 0 Å². The Morgan fingerprint density at radius 1 is 0.842 bits per heavy atom. The van der Waals surface area contributed by atoms with Crippen molar-refractivity contribution in [2.45, 2.75) is 83.5 Å². The van der Waals surface area contributed by atoms with Crippen molar-refractivity contribution in [1.29, 1.82) is 0 Å². The predicted molar refractivity (Wildman–Crippen MR) is 80.2 cm³/mol. The Kier molecular flexibility index (Phi) is 9.70. The minimum absolute atomic E-state index is 0.337. The zero-order valence-electron chi connectivity index (χ0n) is 12.3. The van der Waals surface area contributed by atoms with Crippen LogP contribution in [-0.2, 0) is 4.79 Å². The van der Waals surface area contributed by atoms with E-state index in [1.807, 2.05) is 6.08 Å². The summed E-state index contributed by atoms with van der Waals surface area (Å²) in [6.45, 7) is 0.346. The highest BCUT2D eigenvalue weighted by atomic mass is 16.2. The summed E-state index contributed by atoms with van der Waals surface area (Å²) in [6.07, 6.45) is 17.3. The topological polar surface area (TPSA) is 37.3 Å². The Balaban J connectivity index is 1.85. The minimum Gasteiger partial charge on any atom is -0.396 e. The second-order valence-corrected chi connectivity index (χ2v) is 5.78. The predicted octanol–water partition coefficient (Wildman–Crippen LogP) is 4.56. The summed E-state index contributed by atoms with van der Waals surface area (Å²) >= 11 is 0. The van der Waals surface area contributed by atoms with Gasteiger partial charge >= 0.3 is 0 Å². The van der Waals surface area contributed by atoms with Gasteiger partial charge in [-0.3, -0.25) is 4.79 Å². The number of aliphatic hydroxyl groups excluding tert-OH is 1. The largest absolute Gasteiger partial charge is 0.396 e. The van der Waals surface area contributed by atoms with Gasteiger partial charge in [0.15, 0.2) is 5.78 Å². The molecule has 2 heteroatoms. The average Bonchev–Trinajstić information content (AvgIpc) is 2.41. The summed E-state index contributed by atoms with van der Waals surface area (Å²) in [5.74, 6) is 0.337. The fourth-order valence-electron chi connectivity index (χ4n) is 2.76. The lowest BCUT2D eigenvalue weighted by molar-refractivity contribution is -0.115. The molecular formula is C17H30O2. The molecule has 0 atom stereocenters. The van der Waals surface area contributed by atoms with Gasteiger partial charge in [0, 0.05) is 13.0 Å². The molecule has 0 fully saturated rings. The van der Waals surface area contributed by atoms with Crippen molar-refractivity contribution < 1.29 is 9.90 Å². The third-order valence-electron chi connectivity index (χ3n) is 3.94. The van der Waals surface area contributed by atoms with E-state index in [0.717, 1.165) is 32.1 Å². The Morgan fingerprint density at radius 3 is 2.00 bits per heavy atom. The Labute approximate surface area is 118 Å². The number of aliphatic hydroxyl groups is 1. The van der Waals surface area contributed by atoms with Crippen LogP contribution in [0.2, 0.25) is 0 Å². The van der Waals surface area contributed by atoms with E-state index in [1.165, 1.54) is 56.9 Å². The molecule has 0 aromatic heterocycles. The molecule has 2 nitrogen and oxygen atoms in total. The summed E-state index contributed by atoms with van der Waals surface area (Å²) in [7, 11) is 0. The Morgan fingerprint density at radius 2 is 1.42 bits per heavy atom. The highest BCUT2D eigenvalue weighted by Crippen LogP contribution is 2.21. The normalized spacial score (nSPS) is 15.6. The fraction of sp³-hybridized carbons (Fsp3) is 0.824. The van der Waals surface area contributed by atoms with Gasteiger partial charge in [-0.1, -0.05) is 50.5 Å². The summed E-state index contributed by atoms with van der Waals surface area (Å²) in [5.41, 5.74) is 1.39. The molecule has 1 N–H and O–H groups in total. The van der Waals surface area contributed by atoms with Crippen molar-refractivity contribution >= 4 is 5.78 Å². The fourth-order valence-corrected chi connectivity index (χ4v) is 2.76. The first-order valence-corrected chi connectivity index (χ1v) is 8.16. The zero-order chi connectivity index (χ0) is 13.8. The Hall–Kier alpha value is -0.630. The van der Waals surface area contributed by atoms with Gasteiger partial charge in [0.25, 0.3) is 0 Å². The number of allylic oxidation sites excluding steroid dienone is 2. The molecule has 0 saturated heterocycles. The maximum atomic E-state index is 11.3. The quantitative estimate of drug-likeness (QED) is 0.557. The highest BCUT2D eigenvalue weighted by Gasteiger charge is 2.08. The van der Waals surface area contributed by atoms with E-state index in [-0.39, 0.29) is 0 Å². The number of ketones is 1. The number of rotatable bonds is 11. The van der Waals surface area contributed by atoms with Crippen molar-refractivity contribution in [3.63, 3.8) is 0 Å². The molecule has 0 heterocycles. The molecule has 0 radical (unpaired) electrons. The van der Waals surface area contributed by atoms with Crippen LogP contribution in [0, 0.1) is 0 Å². The standard InChI is InChI=1S/C17H30O2/c18-14-9-7-5-3-1-2-4-6-8-11-16-12-10-13-17(19)15-16/h15,18H,1-14H2. The van der Waals surface area contributed by atoms with Crippen molar-refractivity contribution in [3.05, 3.63) is 11.6 Å². The van der Waals surface area contributed by atoms with E-state index in [9.17, 15) is 4.79 Å². The first-order valence-electron chi connectivity index (χ1n) is 8.16. The van der Waals surface area contributed by atoms with Gasteiger partial charge in [-0.2, -0.15) is 0 Å². The van der Waals surface area contributed by atoms with E-state index >= 15 is 0 Å². The van der Waals surface area contributed by atoms with Gasteiger partial charge in [0.2, 0.25) is 0 Å². The van der Waals surface area contributed by atoms with Gasteiger partial charge in [0.1, 0.15) is 0 Å². The molecule has 1 aliphatic rings. The lowest BCUT2D eigenvalue weighted by atomic mass is 9.94. The number of carbonyl (C=O) groups excluding carboxylic acids is 1. The van der Waals surface area contributed by atoms with Gasteiger partial charge in [-0.05, 0) is 38.2 Å². The molecule has 0 spiro atoms. The number of hydrogen-bond donors (Lipinski definition) is 1. The summed E-state index contributed by atoms with van der Waals surface area (Å²) in [4.78, 5) is 11.3. The maximum absolute atomic E-state index is 11.3. The van der Waals surface area contributed by atoms with E-state index in [4.69, 9.17) is 5.11 Å². The molecular weight excluding hydrogens is 236 g/mol. The summed E-state index contributed by atoms with van der Waals surface area (Å²) in [6, 6.07) is 0. The first-order chi connectivity index (χ1) is 9.33. The van der Waals surface area contributed by atoms with Gasteiger partial charge < -0.3 is 5.11 Å². The van der Waals surface area contributed by atoms with Crippen molar-refractivity contribution in [2.24, 2.45) is 0 Å². The number of unbranched alkanes of at least 4 members (excludes halogenated alkanes) is 8. The van der Waals surface area contributed by atoms with Crippen LogP contribution in [0.25, 0.3) is 0 Å². The van der Waals surface area contributed by atoms with Crippen molar-refractivity contribution in [2.75, 3.05) is 6.61 Å². The molecule has 0 amide bonds. The average molecular weight is 266 g/mol. The number of carbonyl (C=O) groups is 1. The van der Waals surface area contributed by atoms with Crippen LogP contribution < -0.4 is 0 Å². The summed E-state index contributed by atoms with van der Waals surface area (Å²) < 4.78 is 0. The molecule has 0 unspecified atom stereocenters. The SMILES string of the molecule is O=C1C=C(CCCCCCCCCCCO)CCC1. The second-order valence-electron chi connectivity index (χ2n) is 5.78. The smallest absolute Gasteiger partial charge is 0.155 e. The molecule has 19 heavy (non-hydrogen) atoms. The zero-order valence-corrected chi connectivity index (χ0v) is 12.3. The van der Waals surface area contributed by atoms with E-state index in [1.54, 1.807) is 0 Å². The van der Waals surface area contributed by atoms with Crippen molar-refractivity contribution in [1.82, 2.24) is 0 Å². The monoisotopic (exact) mass is 266 g/mol. The van der Waals surface area contributed by atoms with Gasteiger partial charge in [-0.15, -0.1) is 0 Å². The van der Waals surface area contributed by atoms with Crippen LogP contribution >= 0.6 is 0 Å². The molecule has 0 saturated carbocycles. The third-order valence-corrected chi connectivity index (χ3v) is 3.94. The molecule has 0 aliphatic heterocycles. The van der Waals surface area contributed by atoms with E-state index in [0.29, 0.717) is 12.4 Å². The van der Waals surface area contributed by atoms with E-state index in [2.05, 4.69) is 0 Å². The lowest BCUT2D eigenvalue weighted by Crippen LogP contribution is -2.02. The highest BCUT2D eigenvalue weighted by molar-refractivity contribution is 5.91. The molecule has 0 aromatic rings. The van der Waals surface area contributed by atoms with Crippen LogP contribution in [0.3, 0.4) is 0 Å². The van der Waals surface area contributed by atoms with Gasteiger partial charge in [-0.25, -0.2) is 0 Å². The molecule has 1 rings (SSSR count). The Bertz CT molecular complexity index is 268. The summed E-state index contributed by atoms with van der Waals surface area (Å²) in [5, 5.41) is 8.66. The second kappa shape index (κ2) is 11.2. The van der Waals surface area contributed by atoms with Crippen LogP contribution in [-0.4, -0.2) is 17.5 Å². The van der Waals surface area contributed by atoms with Crippen LogP contribution in [0.1, 0.15) is 83.5 Å². The molecule has 0 bridgehead atoms. The third kappa shape index (κ3) is 8.99. The maximum Gasteiger partial charge on any atom is 0.155 e. The lowest BCUT2D eigenvalue weighted by Gasteiger charge is -2.11. The molecule has 110 valence electrons. The van der Waals surface area contributed by atoms with Crippen LogP contribution in [0.5, 0.6) is 0 Å². The van der Waals surface area contributed by atoms with Gasteiger partial charge in [0.05, 0.1) is 0 Å². The van der Waals surface area contributed by atoms with Crippen molar-refractivity contribution in [3.8, 4) is 0 Å². The first kappa shape index (κ1) is 16.4. The minimum atomic E-state index is 0.337. The van der Waals surface area contributed by atoms with Crippen LogP contribution in [0.15, 0.2) is 11.6 Å². The van der Waals surface area contributed by atoms with Crippen LogP contribution in [0.4, 0.5) is 0 Å². The molecule has 1 aliphatic carbocycles. The number of hydrogen-bond acceptors (Lipinski definition) is 2.